The van der Waals surface area contributed by atoms with Crippen LogP contribution in [0.2, 0.25) is 0 Å². The van der Waals surface area contributed by atoms with Crippen molar-refractivity contribution in [2.45, 2.75) is 32.7 Å². The SMILES string of the molecule is CC(C)(O)C(=O)c1ccc(CO)c(CO)c1. The van der Waals surface area contributed by atoms with Gasteiger partial charge in [0.05, 0.1) is 13.2 Å². The lowest BCUT2D eigenvalue weighted by atomic mass is 9.94. The number of carbonyl (C=O) groups is 1. The molecule has 4 heteroatoms. The second-order valence-corrected chi connectivity index (χ2v) is 4.19. The summed E-state index contributed by atoms with van der Waals surface area (Å²) in [5, 5.41) is 27.6. The Labute approximate surface area is 94.2 Å². The molecule has 0 atom stereocenters. The van der Waals surface area contributed by atoms with E-state index in [9.17, 15) is 9.90 Å². The van der Waals surface area contributed by atoms with Gasteiger partial charge in [0.2, 0.25) is 0 Å². The van der Waals surface area contributed by atoms with Gasteiger partial charge in [0.25, 0.3) is 0 Å². The minimum Gasteiger partial charge on any atom is -0.392 e. The van der Waals surface area contributed by atoms with Gasteiger partial charge in [0.1, 0.15) is 5.60 Å². The van der Waals surface area contributed by atoms with Crippen molar-refractivity contribution in [2.24, 2.45) is 0 Å². The second-order valence-electron chi connectivity index (χ2n) is 4.19. The van der Waals surface area contributed by atoms with E-state index >= 15 is 0 Å². The van der Waals surface area contributed by atoms with Crippen LogP contribution in [0.4, 0.5) is 0 Å². The molecule has 0 amide bonds. The van der Waals surface area contributed by atoms with Gasteiger partial charge in [-0.05, 0) is 31.0 Å². The lowest BCUT2D eigenvalue weighted by Crippen LogP contribution is -2.31. The number of carbonyl (C=O) groups excluding carboxylic acids is 1. The zero-order valence-electron chi connectivity index (χ0n) is 9.40. The van der Waals surface area contributed by atoms with Gasteiger partial charge in [0.15, 0.2) is 5.78 Å². The highest BCUT2D eigenvalue weighted by Crippen LogP contribution is 2.17. The largest absolute Gasteiger partial charge is 0.392 e. The normalized spacial score (nSPS) is 11.6. The highest BCUT2D eigenvalue weighted by atomic mass is 16.3. The van der Waals surface area contributed by atoms with Crippen molar-refractivity contribution in [3.63, 3.8) is 0 Å². The Hall–Kier alpha value is -1.23. The molecule has 1 aromatic rings. The molecule has 1 rings (SSSR count). The fourth-order valence-electron chi connectivity index (χ4n) is 1.42. The number of hydrogen-bond donors (Lipinski definition) is 3. The summed E-state index contributed by atoms with van der Waals surface area (Å²) >= 11 is 0. The monoisotopic (exact) mass is 224 g/mol. The quantitative estimate of drug-likeness (QED) is 0.655. The van der Waals surface area contributed by atoms with E-state index in [1.165, 1.54) is 26.0 Å². The summed E-state index contributed by atoms with van der Waals surface area (Å²) in [7, 11) is 0. The van der Waals surface area contributed by atoms with Crippen LogP contribution >= 0.6 is 0 Å². The molecule has 0 aromatic heterocycles. The molecule has 0 saturated carbocycles. The van der Waals surface area contributed by atoms with Crippen LogP contribution in [-0.4, -0.2) is 26.7 Å². The summed E-state index contributed by atoms with van der Waals surface area (Å²) in [4.78, 5) is 11.7. The third kappa shape index (κ3) is 2.66. The molecule has 0 saturated heterocycles. The fourth-order valence-corrected chi connectivity index (χ4v) is 1.42. The first-order valence-electron chi connectivity index (χ1n) is 5.01. The van der Waals surface area contributed by atoms with Gasteiger partial charge >= 0.3 is 0 Å². The van der Waals surface area contributed by atoms with Crippen LogP contribution in [0.3, 0.4) is 0 Å². The van der Waals surface area contributed by atoms with Crippen molar-refractivity contribution in [1.29, 1.82) is 0 Å². The Morgan fingerprint density at radius 1 is 1.19 bits per heavy atom. The maximum atomic E-state index is 11.7. The van der Waals surface area contributed by atoms with Crippen molar-refractivity contribution in [3.8, 4) is 0 Å². The van der Waals surface area contributed by atoms with Crippen LogP contribution in [0.5, 0.6) is 0 Å². The van der Waals surface area contributed by atoms with E-state index in [2.05, 4.69) is 0 Å². The molecule has 0 heterocycles. The Bertz CT molecular complexity index is 390. The first-order chi connectivity index (χ1) is 7.40. The van der Waals surface area contributed by atoms with E-state index in [-0.39, 0.29) is 13.2 Å². The van der Waals surface area contributed by atoms with E-state index < -0.39 is 11.4 Å². The predicted molar refractivity (Wildman–Crippen MR) is 58.9 cm³/mol. The van der Waals surface area contributed by atoms with Crippen LogP contribution in [-0.2, 0) is 13.2 Å². The van der Waals surface area contributed by atoms with Gasteiger partial charge in [-0.15, -0.1) is 0 Å². The number of aliphatic hydroxyl groups excluding tert-OH is 2. The average Bonchev–Trinajstić information content (AvgIpc) is 2.25. The minimum absolute atomic E-state index is 0.188. The van der Waals surface area contributed by atoms with Crippen LogP contribution in [0.15, 0.2) is 18.2 Å². The van der Waals surface area contributed by atoms with Gasteiger partial charge in [-0.2, -0.15) is 0 Å². The standard InChI is InChI=1S/C12H16O4/c1-12(2,16)11(15)8-3-4-9(6-13)10(5-8)7-14/h3-5,13-14,16H,6-7H2,1-2H3. The van der Waals surface area contributed by atoms with Gasteiger partial charge in [-0.1, -0.05) is 12.1 Å². The molecule has 0 fully saturated rings. The number of hydrogen-bond acceptors (Lipinski definition) is 4. The Morgan fingerprint density at radius 3 is 2.19 bits per heavy atom. The van der Waals surface area contributed by atoms with Crippen LogP contribution in [0.1, 0.15) is 35.3 Å². The van der Waals surface area contributed by atoms with E-state index in [0.717, 1.165) is 0 Å². The summed E-state index contributed by atoms with van der Waals surface area (Å²) in [5.41, 5.74) is -0.0332. The third-order valence-corrected chi connectivity index (χ3v) is 2.36. The van der Waals surface area contributed by atoms with E-state index in [1.807, 2.05) is 0 Å². The van der Waals surface area contributed by atoms with Gasteiger partial charge < -0.3 is 15.3 Å². The van der Waals surface area contributed by atoms with Crippen molar-refractivity contribution in [1.82, 2.24) is 0 Å². The maximum absolute atomic E-state index is 11.7. The predicted octanol–water partition coefficient (Wildman–Crippen LogP) is 0.625. The summed E-state index contributed by atoms with van der Waals surface area (Å²) in [6.45, 7) is 2.39. The molecule has 0 bridgehead atoms. The molecule has 0 unspecified atom stereocenters. The second kappa shape index (κ2) is 4.74. The number of benzene rings is 1. The summed E-state index contributed by atoms with van der Waals surface area (Å²) in [5.74, 6) is -0.410. The molecular formula is C12H16O4. The number of rotatable bonds is 4. The first-order valence-corrected chi connectivity index (χ1v) is 5.01. The summed E-state index contributed by atoms with van der Waals surface area (Å²) < 4.78 is 0. The number of ketones is 1. The maximum Gasteiger partial charge on any atom is 0.193 e. The van der Waals surface area contributed by atoms with Crippen LogP contribution < -0.4 is 0 Å². The van der Waals surface area contributed by atoms with Crippen molar-refractivity contribution in [3.05, 3.63) is 34.9 Å². The van der Waals surface area contributed by atoms with Crippen molar-refractivity contribution >= 4 is 5.78 Å². The molecule has 3 N–H and O–H groups in total. The lowest BCUT2D eigenvalue weighted by Gasteiger charge is -2.16. The zero-order chi connectivity index (χ0) is 12.3. The molecule has 88 valence electrons. The van der Waals surface area contributed by atoms with Crippen molar-refractivity contribution < 1.29 is 20.1 Å². The van der Waals surface area contributed by atoms with E-state index in [4.69, 9.17) is 10.2 Å². The molecule has 0 spiro atoms. The average molecular weight is 224 g/mol. The van der Waals surface area contributed by atoms with Crippen molar-refractivity contribution in [2.75, 3.05) is 0 Å². The molecule has 1 aromatic carbocycles. The smallest absolute Gasteiger partial charge is 0.193 e. The first kappa shape index (κ1) is 12.8. The molecule has 4 nitrogen and oxygen atoms in total. The number of Topliss-reactive ketones (excluding diaryl/α,β-unsaturated/α-hetero) is 1. The molecule has 0 aliphatic heterocycles. The van der Waals surface area contributed by atoms with Gasteiger partial charge in [0, 0.05) is 5.56 Å². The molecule has 16 heavy (non-hydrogen) atoms. The van der Waals surface area contributed by atoms with E-state index in [0.29, 0.717) is 16.7 Å². The highest BCUT2D eigenvalue weighted by molar-refractivity contribution is 6.01. The number of aliphatic hydroxyl groups is 3. The Balaban J connectivity index is 3.13. The van der Waals surface area contributed by atoms with Crippen LogP contribution in [0.25, 0.3) is 0 Å². The minimum atomic E-state index is -1.44. The summed E-state index contributed by atoms with van der Waals surface area (Å²) in [6, 6.07) is 4.60. The molecule has 0 radical (unpaired) electrons. The van der Waals surface area contributed by atoms with Crippen LogP contribution in [0, 0.1) is 0 Å². The zero-order valence-corrected chi connectivity index (χ0v) is 9.40. The topological polar surface area (TPSA) is 77.8 Å². The Kier molecular flexibility index (Phi) is 3.80. The molecule has 0 aliphatic carbocycles. The molecular weight excluding hydrogens is 208 g/mol. The lowest BCUT2D eigenvalue weighted by molar-refractivity contribution is 0.0487. The summed E-state index contributed by atoms with van der Waals surface area (Å²) in [6.07, 6.45) is 0. The third-order valence-electron chi connectivity index (χ3n) is 2.36. The van der Waals surface area contributed by atoms with Gasteiger partial charge in [-0.3, -0.25) is 4.79 Å². The van der Waals surface area contributed by atoms with Gasteiger partial charge in [-0.25, -0.2) is 0 Å². The molecule has 0 aliphatic rings. The fraction of sp³-hybridized carbons (Fsp3) is 0.417. The highest BCUT2D eigenvalue weighted by Gasteiger charge is 2.25. The van der Waals surface area contributed by atoms with E-state index in [1.54, 1.807) is 6.07 Å². The Morgan fingerprint density at radius 2 is 1.75 bits per heavy atom.